The molecule has 0 saturated carbocycles. The van der Waals surface area contributed by atoms with Crippen molar-refractivity contribution in [2.45, 2.75) is 19.9 Å². The van der Waals surface area contributed by atoms with Crippen LogP contribution in [0.25, 0.3) is 0 Å². The molecule has 0 aliphatic rings. The predicted octanol–water partition coefficient (Wildman–Crippen LogP) is 4.52. The number of nitrogens with one attached hydrogen (secondary N) is 1. The Morgan fingerprint density at radius 3 is 2.55 bits per heavy atom. The number of aromatic carboxylic acids is 1. The molecular weight excluding hydrogens is 274 g/mol. The molecular formula is C16H16ClNO2. The van der Waals surface area contributed by atoms with Crippen LogP contribution in [0.4, 0.5) is 5.69 Å². The van der Waals surface area contributed by atoms with Crippen molar-refractivity contribution in [2.24, 2.45) is 0 Å². The largest absolute Gasteiger partial charge is 0.478 e. The van der Waals surface area contributed by atoms with E-state index in [0.29, 0.717) is 10.6 Å². The van der Waals surface area contributed by atoms with Crippen LogP contribution in [0.1, 0.15) is 34.5 Å². The average Bonchev–Trinajstić information content (AvgIpc) is 2.41. The molecule has 2 aromatic rings. The van der Waals surface area contributed by atoms with Gasteiger partial charge in [-0.15, -0.1) is 0 Å². The number of carboxylic acid groups (broad SMARTS) is 1. The standard InChI is InChI=1S/C16H16ClNO2/c1-10-12(16(19)20)7-5-9-15(10)18-11(2)13-6-3-4-8-14(13)17/h3-9,11,18H,1-2H3,(H,19,20). The maximum absolute atomic E-state index is 11.1. The molecule has 0 amide bonds. The van der Waals surface area contributed by atoms with E-state index in [1.54, 1.807) is 19.1 Å². The first-order chi connectivity index (χ1) is 9.50. The van der Waals surface area contributed by atoms with Gasteiger partial charge < -0.3 is 10.4 Å². The summed E-state index contributed by atoms with van der Waals surface area (Å²) in [5, 5.41) is 13.1. The van der Waals surface area contributed by atoms with Crippen LogP contribution in [0, 0.1) is 6.92 Å². The fraction of sp³-hybridized carbons (Fsp3) is 0.188. The highest BCUT2D eigenvalue weighted by molar-refractivity contribution is 6.31. The number of rotatable bonds is 4. The number of hydrogen-bond acceptors (Lipinski definition) is 2. The third kappa shape index (κ3) is 2.94. The molecule has 2 rings (SSSR count). The minimum atomic E-state index is -0.920. The van der Waals surface area contributed by atoms with Crippen LogP contribution in [-0.4, -0.2) is 11.1 Å². The van der Waals surface area contributed by atoms with Gasteiger partial charge in [0, 0.05) is 16.8 Å². The number of hydrogen-bond donors (Lipinski definition) is 2. The molecule has 0 radical (unpaired) electrons. The van der Waals surface area contributed by atoms with Crippen LogP contribution in [-0.2, 0) is 0 Å². The average molecular weight is 290 g/mol. The normalized spacial score (nSPS) is 11.9. The molecule has 0 heterocycles. The van der Waals surface area contributed by atoms with Crippen LogP contribution in [0.5, 0.6) is 0 Å². The van der Waals surface area contributed by atoms with Crippen molar-refractivity contribution in [2.75, 3.05) is 5.32 Å². The SMILES string of the molecule is Cc1c(NC(C)c2ccccc2Cl)cccc1C(=O)O. The lowest BCUT2D eigenvalue weighted by Crippen LogP contribution is -2.10. The van der Waals surface area contributed by atoms with Crippen LogP contribution in [0.15, 0.2) is 42.5 Å². The second-order valence-electron chi connectivity index (χ2n) is 4.67. The Balaban J connectivity index is 2.29. The Morgan fingerprint density at radius 1 is 1.20 bits per heavy atom. The number of carbonyl (C=O) groups is 1. The Morgan fingerprint density at radius 2 is 1.90 bits per heavy atom. The van der Waals surface area contributed by atoms with Gasteiger partial charge >= 0.3 is 5.97 Å². The summed E-state index contributed by atoms with van der Waals surface area (Å²) in [6.45, 7) is 3.79. The first-order valence-corrected chi connectivity index (χ1v) is 6.72. The van der Waals surface area contributed by atoms with E-state index in [2.05, 4.69) is 5.32 Å². The molecule has 0 aliphatic heterocycles. The molecule has 0 fully saturated rings. The number of anilines is 1. The minimum absolute atomic E-state index is 0.00792. The Kier molecular flexibility index (Phi) is 4.30. The second kappa shape index (κ2) is 5.97. The smallest absolute Gasteiger partial charge is 0.336 e. The van der Waals surface area contributed by atoms with Gasteiger partial charge in [0.05, 0.1) is 5.56 Å². The van der Waals surface area contributed by atoms with Crippen molar-refractivity contribution in [3.8, 4) is 0 Å². The molecule has 0 aliphatic carbocycles. The molecule has 3 nitrogen and oxygen atoms in total. The third-order valence-electron chi connectivity index (χ3n) is 3.31. The highest BCUT2D eigenvalue weighted by atomic mass is 35.5. The van der Waals surface area contributed by atoms with E-state index < -0.39 is 5.97 Å². The first-order valence-electron chi connectivity index (χ1n) is 6.34. The fourth-order valence-corrected chi connectivity index (χ4v) is 2.46. The van der Waals surface area contributed by atoms with Gasteiger partial charge in [-0.2, -0.15) is 0 Å². The van der Waals surface area contributed by atoms with Crippen molar-refractivity contribution in [3.05, 3.63) is 64.2 Å². The lowest BCUT2D eigenvalue weighted by Gasteiger charge is -2.19. The summed E-state index contributed by atoms with van der Waals surface area (Å²) in [5.74, 6) is -0.920. The highest BCUT2D eigenvalue weighted by Crippen LogP contribution is 2.28. The van der Waals surface area contributed by atoms with Gasteiger partial charge in [-0.1, -0.05) is 35.9 Å². The van der Waals surface area contributed by atoms with Crippen molar-refractivity contribution in [1.82, 2.24) is 0 Å². The van der Waals surface area contributed by atoms with Crippen LogP contribution < -0.4 is 5.32 Å². The topological polar surface area (TPSA) is 49.3 Å². The first kappa shape index (κ1) is 14.4. The van der Waals surface area contributed by atoms with Gasteiger partial charge in [0.25, 0.3) is 0 Å². The van der Waals surface area contributed by atoms with Gasteiger partial charge in [-0.25, -0.2) is 4.79 Å². The third-order valence-corrected chi connectivity index (χ3v) is 3.65. The maximum Gasteiger partial charge on any atom is 0.336 e. The number of benzene rings is 2. The van der Waals surface area contributed by atoms with Crippen LogP contribution in [0.3, 0.4) is 0 Å². The maximum atomic E-state index is 11.1. The zero-order valence-corrected chi connectivity index (χ0v) is 12.1. The van der Waals surface area contributed by atoms with E-state index in [1.165, 1.54) is 0 Å². The van der Waals surface area contributed by atoms with Crippen LogP contribution in [0.2, 0.25) is 5.02 Å². The molecule has 0 spiro atoms. The van der Waals surface area contributed by atoms with Gasteiger partial charge in [-0.3, -0.25) is 0 Å². The molecule has 0 bridgehead atoms. The van der Waals surface area contributed by atoms with Gasteiger partial charge in [0.1, 0.15) is 0 Å². The van der Waals surface area contributed by atoms with E-state index in [0.717, 1.165) is 16.8 Å². The summed E-state index contributed by atoms with van der Waals surface area (Å²) in [6.07, 6.45) is 0. The predicted molar refractivity (Wildman–Crippen MR) is 81.6 cm³/mol. The molecule has 4 heteroatoms. The van der Waals surface area contributed by atoms with E-state index in [4.69, 9.17) is 16.7 Å². The lowest BCUT2D eigenvalue weighted by molar-refractivity contribution is 0.0696. The quantitative estimate of drug-likeness (QED) is 0.870. The molecule has 1 atom stereocenters. The molecule has 0 aromatic heterocycles. The Hall–Kier alpha value is -2.00. The Bertz CT molecular complexity index is 640. The minimum Gasteiger partial charge on any atom is -0.478 e. The van der Waals surface area contributed by atoms with Crippen molar-refractivity contribution in [1.29, 1.82) is 0 Å². The summed E-state index contributed by atoms with van der Waals surface area (Å²) in [7, 11) is 0. The summed E-state index contributed by atoms with van der Waals surface area (Å²) < 4.78 is 0. The van der Waals surface area contributed by atoms with Crippen molar-refractivity contribution < 1.29 is 9.90 Å². The molecule has 20 heavy (non-hydrogen) atoms. The van der Waals surface area contributed by atoms with Crippen molar-refractivity contribution >= 4 is 23.3 Å². The molecule has 1 unspecified atom stereocenters. The second-order valence-corrected chi connectivity index (χ2v) is 5.08. The highest BCUT2D eigenvalue weighted by Gasteiger charge is 2.13. The molecule has 0 saturated heterocycles. The summed E-state index contributed by atoms with van der Waals surface area (Å²) in [5.41, 5.74) is 2.81. The lowest BCUT2D eigenvalue weighted by atomic mass is 10.0. The van der Waals surface area contributed by atoms with E-state index in [1.807, 2.05) is 37.3 Å². The van der Waals surface area contributed by atoms with Crippen LogP contribution >= 0.6 is 11.6 Å². The zero-order valence-electron chi connectivity index (χ0n) is 11.4. The van der Waals surface area contributed by atoms with Gasteiger partial charge in [0.15, 0.2) is 0 Å². The molecule has 2 N–H and O–H groups in total. The van der Waals surface area contributed by atoms with Gasteiger partial charge in [0.2, 0.25) is 0 Å². The monoisotopic (exact) mass is 289 g/mol. The Labute approximate surface area is 123 Å². The zero-order chi connectivity index (χ0) is 14.7. The number of carboxylic acids is 1. The summed E-state index contributed by atoms with van der Waals surface area (Å²) in [6, 6.07) is 12.8. The van der Waals surface area contributed by atoms with E-state index >= 15 is 0 Å². The molecule has 104 valence electrons. The molecule has 2 aromatic carbocycles. The summed E-state index contributed by atoms with van der Waals surface area (Å²) in [4.78, 5) is 11.1. The number of halogens is 1. The van der Waals surface area contributed by atoms with E-state index in [9.17, 15) is 4.79 Å². The van der Waals surface area contributed by atoms with Gasteiger partial charge in [-0.05, 0) is 43.2 Å². The van der Waals surface area contributed by atoms with E-state index in [-0.39, 0.29) is 6.04 Å². The van der Waals surface area contributed by atoms with Crippen molar-refractivity contribution in [3.63, 3.8) is 0 Å². The fourth-order valence-electron chi connectivity index (χ4n) is 2.16. The summed E-state index contributed by atoms with van der Waals surface area (Å²) >= 11 is 6.17.